The summed E-state index contributed by atoms with van der Waals surface area (Å²) in [5, 5.41) is 4.99. The van der Waals surface area contributed by atoms with E-state index in [1.165, 1.54) is 6.92 Å². The summed E-state index contributed by atoms with van der Waals surface area (Å²) in [6, 6.07) is 12.0. The van der Waals surface area contributed by atoms with E-state index in [9.17, 15) is 4.79 Å². The molecule has 3 heteroatoms. The number of hydrogen-bond acceptors (Lipinski definition) is 2. The van der Waals surface area contributed by atoms with Crippen LogP contribution in [-0.2, 0) is 4.79 Å². The summed E-state index contributed by atoms with van der Waals surface area (Å²) < 4.78 is 0. The molecule has 19 heavy (non-hydrogen) atoms. The van der Waals surface area contributed by atoms with Crippen molar-refractivity contribution >= 4 is 28.4 Å². The van der Waals surface area contributed by atoms with Gasteiger partial charge in [0.1, 0.15) is 0 Å². The molecule has 0 radical (unpaired) electrons. The van der Waals surface area contributed by atoms with Crippen molar-refractivity contribution in [1.29, 1.82) is 0 Å². The van der Waals surface area contributed by atoms with Crippen LogP contribution in [0.1, 0.15) is 18.9 Å². The highest BCUT2D eigenvalue weighted by Crippen LogP contribution is 2.25. The lowest BCUT2D eigenvalue weighted by Crippen LogP contribution is -2.20. The first-order valence-corrected chi connectivity index (χ1v) is 6.36. The fourth-order valence-electron chi connectivity index (χ4n) is 2.03. The van der Waals surface area contributed by atoms with Crippen molar-refractivity contribution in [3.63, 3.8) is 0 Å². The minimum Gasteiger partial charge on any atom is -0.398 e. The minimum absolute atomic E-state index is 0.00587. The van der Waals surface area contributed by atoms with Gasteiger partial charge in [0.2, 0.25) is 5.91 Å². The van der Waals surface area contributed by atoms with Gasteiger partial charge in [0.15, 0.2) is 0 Å². The normalized spacial score (nSPS) is 11.0. The predicted octanol–water partition coefficient (Wildman–Crippen LogP) is 2.96. The Labute approximate surface area is 113 Å². The summed E-state index contributed by atoms with van der Waals surface area (Å²) in [6.07, 6.45) is 4.95. The lowest BCUT2D eigenvalue weighted by atomic mass is 10.0. The third kappa shape index (κ3) is 3.35. The smallest absolute Gasteiger partial charge is 0.216 e. The van der Waals surface area contributed by atoms with E-state index in [4.69, 9.17) is 5.73 Å². The molecular formula is C16H18N2O. The molecule has 0 heterocycles. The van der Waals surface area contributed by atoms with Crippen molar-refractivity contribution in [2.75, 3.05) is 12.3 Å². The van der Waals surface area contributed by atoms with Crippen molar-refractivity contribution < 1.29 is 4.79 Å². The van der Waals surface area contributed by atoms with Crippen LogP contribution in [0.2, 0.25) is 0 Å². The van der Waals surface area contributed by atoms with Gasteiger partial charge in [-0.1, -0.05) is 42.5 Å². The summed E-state index contributed by atoms with van der Waals surface area (Å²) in [6.45, 7) is 2.19. The van der Waals surface area contributed by atoms with E-state index in [1.54, 1.807) is 0 Å². The van der Waals surface area contributed by atoms with Gasteiger partial charge in [-0.15, -0.1) is 0 Å². The maximum Gasteiger partial charge on any atom is 0.216 e. The van der Waals surface area contributed by atoms with Crippen LogP contribution in [0.15, 0.2) is 42.5 Å². The molecule has 2 aromatic carbocycles. The average molecular weight is 254 g/mol. The Hall–Kier alpha value is -2.29. The van der Waals surface area contributed by atoms with Gasteiger partial charge >= 0.3 is 0 Å². The first kappa shape index (κ1) is 13.1. The Balaban J connectivity index is 2.15. The molecule has 0 aliphatic heterocycles. The zero-order valence-electron chi connectivity index (χ0n) is 11.0. The van der Waals surface area contributed by atoms with E-state index in [0.717, 1.165) is 28.4 Å². The van der Waals surface area contributed by atoms with E-state index >= 15 is 0 Å². The van der Waals surface area contributed by atoms with Crippen molar-refractivity contribution in [3.05, 3.63) is 48.0 Å². The van der Waals surface area contributed by atoms with E-state index in [-0.39, 0.29) is 5.91 Å². The van der Waals surface area contributed by atoms with Gasteiger partial charge in [-0.05, 0) is 23.4 Å². The quantitative estimate of drug-likeness (QED) is 0.651. The van der Waals surface area contributed by atoms with Gasteiger partial charge in [0.25, 0.3) is 0 Å². The molecule has 0 saturated heterocycles. The average Bonchev–Trinajstić information content (AvgIpc) is 2.41. The number of hydrogen-bond donors (Lipinski definition) is 2. The van der Waals surface area contributed by atoms with Gasteiger partial charge in [-0.25, -0.2) is 0 Å². The number of amides is 1. The fraction of sp³-hybridized carbons (Fsp3) is 0.188. The molecule has 0 aromatic heterocycles. The first-order valence-electron chi connectivity index (χ1n) is 6.36. The molecule has 1 amide bonds. The van der Waals surface area contributed by atoms with Crippen LogP contribution < -0.4 is 11.1 Å². The lowest BCUT2D eigenvalue weighted by molar-refractivity contribution is -0.118. The highest BCUT2D eigenvalue weighted by Gasteiger charge is 2.00. The minimum atomic E-state index is 0.00587. The van der Waals surface area contributed by atoms with Gasteiger partial charge in [-0.2, -0.15) is 0 Å². The molecule has 0 bridgehead atoms. The van der Waals surface area contributed by atoms with Crippen LogP contribution in [0.3, 0.4) is 0 Å². The number of nitrogens with one attached hydrogen (secondary N) is 1. The van der Waals surface area contributed by atoms with Crippen LogP contribution in [-0.4, -0.2) is 12.5 Å². The standard InChI is InChI=1S/C16H18N2O/c1-12(19)18-11-5-4-6-13-9-10-16(17)15-8-3-2-7-14(13)15/h2-4,6-10H,5,11,17H2,1H3,(H,18,19). The predicted molar refractivity (Wildman–Crippen MR) is 80.7 cm³/mol. The molecule has 2 rings (SSSR count). The lowest BCUT2D eigenvalue weighted by Gasteiger charge is -2.05. The topological polar surface area (TPSA) is 55.1 Å². The van der Waals surface area contributed by atoms with E-state index < -0.39 is 0 Å². The number of nitrogens with two attached hydrogens (primary N) is 1. The van der Waals surface area contributed by atoms with Gasteiger partial charge in [0.05, 0.1) is 0 Å². The second-order valence-electron chi connectivity index (χ2n) is 4.46. The summed E-state index contributed by atoms with van der Waals surface area (Å²) in [5.41, 5.74) is 7.91. The molecule has 2 aromatic rings. The molecule has 0 atom stereocenters. The number of rotatable bonds is 4. The maximum absolute atomic E-state index is 10.7. The summed E-state index contributed by atoms with van der Waals surface area (Å²) in [4.78, 5) is 10.7. The Bertz CT molecular complexity index is 617. The molecule has 98 valence electrons. The van der Waals surface area contributed by atoms with Crippen LogP contribution in [0.25, 0.3) is 16.8 Å². The molecule has 0 saturated carbocycles. The zero-order valence-corrected chi connectivity index (χ0v) is 11.0. The molecule has 0 unspecified atom stereocenters. The molecule has 0 aliphatic carbocycles. The Morgan fingerprint density at radius 2 is 1.95 bits per heavy atom. The van der Waals surface area contributed by atoms with Crippen LogP contribution in [0.5, 0.6) is 0 Å². The number of benzene rings is 2. The van der Waals surface area contributed by atoms with E-state index in [1.807, 2.05) is 30.3 Å². The van der Waals surface area contributed by atoms with Crippen LogP contribution >= 0.6 is 0 Å². The highest BCUT2D eigenvalue weighted by atomic mass is 16.1. The Kier molecular flexibility index (Phi) is 4.18. The van der Waals surface area contributed by atoms with E-state index in [2.05, 4.69) is 23.5 Å². The van der Waals surface area contributed by atoms with Crippen molar-refractivity contribution in [1.82, 2.24) is 5.32 Å². The SMILES string of the molecule is CC(=O)NCCC=Cc1ccc(N)c2ccccc12. The van der Waals surface area contributed by atoms with Crippen LogP contribution in [0, 0.1) is 0 Å². The molecule has 0 aliphatic rings. The number of carbonyl (C=O) groups is 1. The monoisotopic (exact) mass is 254 g/mol. The van der Waals surface area contributed by atoms with Gasteiger partial charge < -0.3 is 11.1 Å². The van der Waals surface area contributed by atoms with E-state index in [0.29, 0.717) is 6.54 Å². The first-order chi connectivity index (χ1) is 9.18. The van der Waals surface area contributed by atoms with Crippen molar-refractivity contribution in [3.8, 4) is 0 Å². The molecule has 0 spiro atoms. The van der Waals surface area contributed by atoms with Crippen molar-refractivity contribution in [2.24, 2.45) is 0 Å². The Morgan fingerprint density at radius 3 is 2.68 bits per heavy atom. The molecule has 3 nitrogen and oxygen atoms in total. The molecule has 3 N–H and O–H groups in total. The number of nitrogen functional groups attached to an aromatic ring is 1. The molecule has 0 fully saturated rings. The zero-order chi connectivity index (χ0) is 13.7. The maximum atomic E-state index is 10.7. The van der Waals surface area contributed by atoms with Crippen LogP contribution in [0.4, 0.5) is 5.69 Å². The number of carbonyl (C=O) groups excluding carboxylic acids is 1. The van der Waals surface area contributed by atoms with Gasteiger partial charge in [0, 0.05) is 24.5 Å². The number of fused-ring (bicyclic) bond motifs is 1. The summed E-state index contributed by atoms with van der Waals surface area (Å²) in [5.74, 6) is 0.00587. The summed E-state index contributed by atoms with van der Waals surface area (Å²) in [7, 11) is 0. The van der Waals surface area contributed by atoms with Crippen molar-refractivity contribution in [2.45, 2.75) is 13.3 Å². The largest absolute Gasteiger partial charge is 0.398 e. The second kappa shape index (κ2) is 6.05. The fourth-order valence-corrected chi connectivity index (χ4v) is 2.03. The number of anilines is 1. The second-order valence-corrected chi connectivity index (χ2v) is 4.46. The Morgan fingerprint density at radius 1 is 1.21 bits per heavy atom. The van der Waals surface area contributed by atoms with Gasteiger partial charge in [-0.3, -0.25) is 4.79 Å². The summed E-state index contributed by atoms with van der Waals surface area (Å²) >= 11 is 0. The molecular weight excluding hydrogens is 236 g/mol. The highest BCUT2D eigenvalue weighted by molar-refractivity contribution is 5.98. The third-order valence-corrected chi connectivity index (χ3v) is 2.97. The third-order valence-electron chi connectivity index (χ3n) is 2.97.